The maximum absolute atomic E-state index is 12.5. The maximum Gasteiger partial charge on any atom is 0.269 e. The summed E-state index contributed by atoms with van der Waals surface area (Å²) in [5, 5.41) is 7.50. The van der Waals surface area contributed by atoms with Crippen LogP contribution in [0, 0.1) is 0 Å². The zero-order valence-electron chi connectivity index (χ0n) is 14.8. The van der Waals surface area contributed by atoms with Gasteiger partial charge in [-0.15, -0.1) is 5.10 Å². The minimum Gasteiger partial charge on any atom is -0.296 e. The van der Waals surface area contributed by atoms with Gasteiger partial charge >= 0.3 is 0 Å². The lowest BCUT2D eigenvalue weighted by Gasteiger charge is -2.09. The van der Waals surface area contributed by atoms with Crippen molar-refractivity contribution >= 4 is 34.5 Å². The number of carbonyl (C=O) groups is 1. The molecule has 0 unspecified atom stereocenters. The van der Waals surface area contributed by atoms with E-state index in [0.29, 0.717) is 27.4 Å². The highest BCUT2D eigenvalue weighted by Gasteiger charge is 2.15. The molecule has 28 heavy (non-hydrogen) atoms. The molecule has 0 saturated carbocycles. The molecule has 0 fully saturated rings. The van der Waals surface area contributed by atoms with Crippen LogP contribution in [0.2, 0.25) is 5.02 Å². The SMILES string of the molecule is Cn1nc(-c2ccccc2Cl)nc1NC(=O)Cn1c(=O)cnc2ccccc21. The third-order valence-electron chi connectivity index (χ3n) is 4.18. The van der Waals surface area contributed by atoms with Crippen molar-refractivity contribution in [1.82, 2.24) is 24.3 Å². The number of hydrogen-bond donors (Lipinski definition) is 1. The van der Waals surface area contributed by atoms with E-state index < -0.39 is 5.91 Å². The van der Waals surface area contributed by atoms with E-state index in [1.54, 1.807) is 37.4 Å². The summed E-state index contributed by atoms with van der Waals surface area (Å²) in [6.07, 6.45) is 1.20. The predicted molar refractivity (Wildman–Crippen MR) is 106 cm³/mol. The number of halogens is 1. The Bertz CT molecular complexity index is 1250. The van der Waals surface area contributed by atoms with Gasteiger partial charge in [0.25, 0.3) is 5.56 Å². The molecular weight excluding hydrogens is 380 g/mol. The van der Waals surface area contributed by atoms with Crippen LogP contribution >= 0.6 is 11.6 Å². The first-order valence-electron chi connectivity index (χ1n) is 8.43. The van der Waals surface area contributed by atoms with Crippen LogP contribution < -0.4 is 10.9 Å². The standard InChI is InChI=1S/C19H15ClN6O2/c1-25-19(23-18(24-25)12-6-2-3-7-13(12)20)22-16(27)11-26-15-9-5-4-8-14(15)21-10-17(26)28/h2-10H,11H2,1H3,(H,22,23,24,27). The summed E-state index contributed by atoms with van der Waals surface area (Å²) in [6, 6.07) is 14.3. The molecule has 0 spiro atoms. The molecule has 0 aliphatic rings. The Morgan fingerprint density at radius 2 is 1.89 bits per heavy atom. The Morgan fingerprint density at radius 3 is 2.71 bits per heavy atom. The Kier molecular flexibility index (Phi) is 4.62. The van der Waals surface area contributed by atoms with Crippen LogP contribution in [0.5, 0.6) is 0 Å². The molecule has 0 aliphatic heterocycles. The van der Waals surface area contributed by atoms with Crippen molar-refractivity contribution in [3.8, 4) is 11.4 Å². The number of nitrogens with one attached hydrogen (secondary N) is 1. The summed E-state index contributed by atoms with van der Waals surface area (Å²) < 4.78 is 2.81. The van der Waals surface area contributed by atoms with Crippen molar-refractivity contribution < 1.29 is 4.79 Å². The predicted octanol–water partition coefficient (Wildman–Crippen LogP) is 2.48. The van der Waals surface area contributed by atoms with E-state index >= 15 is 0 Å². The molecule has 2 aromatic carbocycles. The Labute approximate surface area is 164 Å². The minimum absolute atomic E-state index is 0.170. The van der Waals surface area contributed by atoms with E-state index in [0.717, 1.165) is 0 Å². The van der Waals surface area contributed by atoms with Crippen molar-refractivity contribution in [3.05, 3.63) is 70.1 Å². The molecule has 1 amide bonds. The molecule has 2 aromatic heterocycles. The topological polar surface area (TPSA) is 94.7 Å². The fourth-order valence-electron chi connectivity index (χ4n) is 2.84. The highest BCUT2D eigenvalue weighted by Crippen LogP contribution is 2.25. The van der Waals surface area contributed by atoms with Gasteiger partial charge in [-0.2, -0.15) is 4.98 Å². The van der Waals surface area contributed by atoms with Crippen molar-refractivity contribution in [2.75, 3.05) is 5.32 Å². The summed E-state index contributed by atoms with van der Waals surface area (Å²) >= 11 is 6.19. The molecule has 9 heteroatoms. The summed E-state index contributed by atoms with van der Waals surface area (Å²) in [7, 11) is 1.66. The average molecular weight is 395 g/mol. The molecule has 4 aromatic rings. The first-order valence-corrected chi connectivity index (χ1v) is 8.81. The second kappa shape index (κ2) is 7.24. The van der Waals surface area contributed by atoms with E-state index in [2.05, 4.69) is 20.4 Å². The molecule has 0 aliphatic carbocycles. The lowest BCUT2D eigenvalue weighted by Crippen LogP contribution is -2.28. The normalized spacial score (nSPS) is 10.9. The second-order valence-corrected chi connectivity index (χ2v) is 6.49. The van der Waals surface area contributed by atoms with Crippen LogP contribution in [-0.2, 0) is 18.4 Å². The van der Waals surface area contributed by atoms with Crippen LogP contribution in [0.25, 0.3) is 22.4 Å². The van der Waals surface area contributed by atoms with Gasteiger partial charge < -0.3 is 0 Å². The molecule has 0 radical (unpaired) electrons. The molecule has 140 valence electrons. The highest BCUT2D eigenvalue weighted by molar-refractivity contribution is 6.33. The molecule has 0 saturated heterocycles. The van der Waals surface area contributed by atoms with Gasteiger partial charge in [0, 0.05) is 12.6 Å². The van der Waals surface area contributed by atoms with Crippen LogP contribution in [0.4, 0.5) is 5.95 Å². The van der Waals surface area contributed by atoms with Gasteiger partial charge in [-0.3, -0.25) is 19.5 Å². The van der Waals surface area contributed by atoms with Gasteiger partial charge in [0.05, 0.1) is 22.3 Å². The number of carbonyl (C=O) groups excluding carboxylic acids is 1. The van der Waals surface area contributed by atoms with E-state index in [1.807, 2.05) is 18.2 Å². The first-order chi connectivity index (χ1) is 13.5. The smallest absolute Gasteiger partial charge is 0.269 e. The van der Waals surface area contributed by atoms with Gasteiger partial charge in [-0.1, -0.05) is 35.9 Å². The minimum atomic E-state index is -0.403. The molecule has 4 rings (SSSR count). The Hall–Kier alpha value is -3.52. The summed E-state index contributed by atoms with van der Waals surface area (Å²) in [5.41, 5.74) is 1.52. The second-order valence-electron chi connectivity index (χ2n) is 6.08. The number of aryl methyl sites for hydroxylation is 1. The zero-order chi connectivity index (χ0) is 19.7. The molecule has 0 atom stereocenters. The summed E-state index contributed by atoms with van der Waals surface area (Å²) in [6.45, 7) is -0.170. The number of aromatic nitrogens is 5. The molecule has 1 N–H and O–H groups in total. The van der Waals surface area contributed by atoms with E-state index in [4.69, 9.17) is 11.6 Å². The number of fused-ring (bicyclic) bond motifs is 1. The number of rotatable bonds is 4. The van der Waals surface area contributed by atoms with E-state index in [9.17, 15) is 9.59 Å². The molecule has 0 bridgehead atoms. The van der Waals surface area contributed by atoms with Crippen LogP contribution in [0.3, 0.4) is 0 Å². The van der Waals surface area contributed by atoms with Crippen molar-refractivity contribution in [2.45, 2.75) is 6.54 Å². The zero-order valence-corrected chi connectivity index (χ0v) is 15.6. The first kappa shape index (κ1) is 17.9. The molecular formula is C19H15ClN6O2. The molecule has 2 heterocycles. The number of para-hydroxylation sites is 2. The number of benzene rings is 2. The van der Waals surface area contributed by atoms with Gasteiger partial charge in [-0.25, -0.2) is 9.67 Å². The van der Waals surface area contributed by atoms with Gasteiger partial charge in [0.15, 0.2) is 5.82 Å². The third-order valence-corrected chi connectivity index (χ3v) is 4.51. The fraction of sp³-hybridized carbons (Fsp3) is 0.105. The molecule has 8 nitrogen and oxygen atoms in total. The van der Waals surface area contributed by atoms with Gasteiger partial charge in [0.2, 0.25) is 11.9 Å². The van der Waals surface area contributed by atoms with Crippen LogP contribution in [0.1, 0.15) is 0 Å². The highest BCUT2D eigenvalue weighted by atomic mass is 35.5. The lowest BCUT2D eigenvalue weighted by atomic mass is 10.2. The quantitative estimate of drug-likeness (QED) is 0.573. The Morgan fingerprint density at radius 1 is 1.14 bits per heavy atom. The van der Waals surface area contributed by atoms with Crippen molar-refractivity contribution in [2.24, 2.45) is 7.05 Å². The van der Waals surface area contributed by atoms with Crippen molar-refractivity contribution in [1.29, 1.82) is 0 Å². The summed E-state index contributed by atoms with van der Waals surface area (Å²) in [5.74, 6) is 0.251. The van der Waals surface area contributed by atoms with Gasteiger partial charge in [0.1, 0.15) is 6.54 Å². The van der Waals surface area contributed by atoms with Crippen LogP contribution in [0.15, 0.2) is 59.5 Å². The number of amides is 1. The van der Waals surface area contributed by atoms with E-state index in [1.165, 1.54) is 15.4 Å². The van der Waals surface area contributed by atoms with Crippen molar-refractivity contribution in [3.63, 3.8) is 0 Å². The lowest BCUT2D eigenvalue weighted by molar-refractivity contribution is -0.116. The number of hydrogen-bond acceptors (Lipinski definition) is 5. The monoisotopic (exact) mass is 394 g/mol. The van der Waals surface area contributed by atoms with Gasteiger partial charge in [-0.05, 0) is 24.3 Å². The Balaban J connectivity index is 1.60. The van der Waals surface area contributed by atoms with E-state index in [-0.39, 0.29) is 18.1 Å². The average Bonchev–Trinajstić information content (AvgIpc) is 3.04. The largest absolute Gasteiger partial charge is 0.296 e. The maximum atomic E-state index is 12.5. The number of nitrogens with zero attached hydrogens (tertiary/aromatic N) is 5. The number of anilines is 1. The fourth-order valence-corrected chi connectivity index (χ4v) is 3.06. The summed E-state index contributed by atoms with van der Waals surface area (Å²) in [4.78, 5) is 33.2. The third kappa shape index (κ3) is 3.37. The van der Waals surface area contributed by atoms with Crippen LogP contribution in [-0.4, -0.2) is 30.2 Å².